The van der Waals surface area contributed by atoms with Crippen LogP contribution in [0.1, 0.15) is 60.5 Å². The molecule has 0 aromatic heterocycles. The first kappa shape index (κ1) is 24.5. The van der Waals surface area contributed by atoms with Crippen LogP contribution in [-0.2, 0) is 20.7 Å². The minimum absolute atomic E-state index is 0.0721. The number of imide groups is 1. The highest BCUT2D eigenvalue weighted by molar-refractivity contribution is 5.88. The van der Waals surface area contributed by atoms with E-state index in [0.717, 1.165) is 10.5 Å². The summed E-state index contributed by atoms with van der Waals surface area (Å²) in [5.41, 5.74) is -0.785. The zero-order chi connectivity index (χ0) is 22.4. The molecular formula is C22H33NO6. The van der Waals surface area contributed by atoms with Crippen molar-refractivity contribution >= 4 is 18.2 Å². The molecule has 2 atom stereocenters. The zero-order valence-corrected chi connectivity index (χ0v) is 18.4. The van der Waals surface area contributed by atoms with Crippen LogP contribution in [0.15, 0.2) is 30.3 Å². The highest BCUT2D eigenvalue weighted by Gasteiger charge is 2.38. The lowest BCUT2D eigenvalue weighted by molar-refractivity contribution is -0.141. The molecule has 0 heterocycles. The number of aliphatic carboxylic acids is 1. The zero-order valence-electron chi connectivity index (χ0n) is 18.4. The van der Waals surface area contributed by atoms with E-state index in [1.807, 2.05) is 30.3 Å². The Morgan fingerprint density at radius 2 is 1.38 bits per heavy atom. The molecule has 7 heteroatoms. The number of carbonyl (C=O) groups excluding carboxylic acids is 2. The molecule has 0 radical (unpaired) electrons. The van der Waals surface area contributed by atoms with Crippen molar-refractivity contribution in [1.29, 1.82) is 0 Å². The van der Waals surface area contributed by atoms with Crippen molar-refractivity contribution in [1.82, 2.24) is 4.90 Å². The molecule has 0 spiro atoms. The van der Waals surface area contributed by atoms with Crippen molar-refractivity contribution < 1.29 is 29.0 Å². The molecule has 0 saturated carbocycles. The Kier molecular flexibility index (Phi) is 8.24. The summed E-state index contributed by atoms with van der Waals surface area (Å²) in [7, 11) is 0. The van der Waals surface area contributed by atoms with Crippen molar-refractivity contribution in [3.8, 4) is 0 Å². The molecule has 162 valence electrons. The van der Waals surface area contributed by atoms with Crippen LogP contribution in [0.25, 0.3) is 0 Å². The van der Waals surface area contributed by atoms with Crippen LogP contribution in [0.3, 0.4) is 0 Å². The SMILES string of the molecule is CC(CC(Cc1ccccc1)N(C(=O)OC(C)(C)C)C(=O)OC(C)(C)C)C(=O)O. The van der Waals surface area contributed by atoms with Crippen LogP contribution >= 0.6 is 0 Å². The predicted octanol–water partition coefficient (Wildman–Crippen LogP) is 4.88. The summed E-state index contributed by atoms with van der Waals surface area (Å²) in [6.45, 7) is 11.7. The number of amides is 2. The van der Waals surface area contributed by atoms with E-state index in [1.165, 1.54) is 0 Å². The van der Waals surface area contributed by atoms with Gasteiger partial charge in [-0.25, -0.2) is 14.5 Å². The predicted molar refractivity (Wildman–Crippen MR) is 110 cm³/mol. The number of ether oxygens (including phenoxy) is 2. The largest absolute Gasteiger partial charge is 0.481 e. The van der Waals surface area contributed by atoms with E-state index < -0.39 is 41.3 Å². The van der Waals surface area contributed by atoms with E-state index in [2.05, 4.69) is 0 Å². The molecule has 7 nitrogen and oxygen atoms in total. The molecule has 2 unspecified atom stereocenters. The monoisotopic (exact) mass is 407 g/mol. The van der Waals surface area contributed by atoms with Crippen molar-refractivity contribution in [3.63, 3.8) is 0 Å². The third-order valence-electron chi connectivity index (χ3n) is 3.91. The lowest BCUT2D eigenvalue weighted by Gasteiger charge is -2.34. The summed E-state index contributed by atoms with van der Waals surface area (Å²) in [5.74, 6) is -1.77. The van der Waals surface area contributed by atoms with Gasteiger partial charge in [0.25, 0.3) is 0 Å². The number of carboxylic acid groups (broad SMARTS) is 1. The summed E-state index contributed by atoms with van der Waals surface area (Å²) in [6, 6.07) is 8.53. The van der Waals surface area contributed by atoms with Gasteiger partial charge in [0.2, 0.25) is 0 Å². The third kappa shape index (κ3) is 8.98. The molecule has 2 amide bonds. The van der Waals surface area contributed by atoms with E-state index in [9.17, 15) is 19.5 Å². The van der Waals surface area contributed by atoms with Crippen molar-refractivity contribution in [2.45, 2.75) is 78.6 Å². The lowest BCUT2D eigenvalue weighted by Crippen LogP contribution is -2.50. The Morgan fingerprint density at radius 1 is 0.931 bits per heavy atom. The minimum atomic E-state index is -1.00. The molecule has 29 heavy (non-hydrogen) atoms. The van der Waals surface area contributed by atoms with Gasteiger partial charge in [-0.3, -0.25) is 4.79 Å². The number of nitrogens with zero attached hydrogens (tertiary/aromatic N) is 1. The fraction of sp³-hybridized carbons (Fsp3) is 0.591. The number of rotatable bonds is 6. The number of carboxylic acids is 1. The summed E-state index contributed by atoms with van der Waals surface area (Å²) in [6.07, 6.45) is -1.35. The maximum atomic E-state index is 12.9. The van der Waals surface area contributed by atoms with Gasteiger partial charge in [-0.1, -0.05) is 37.3 Å². The van der Waals surface area contributed by atoms with E-state index >= 15 is 0 Å². The van der Waals surface area contributed by atoms with E-state index in [-0.39, 0.29) is 12.8 Å². The Labute approximate surface area is 173 Å². The van der Waals surface area contributed by atoms with Crippen LogP contribution < -0.4 is 0 Å². The van der Waals surface area contributed by atoms with Gasteiger partial charge in [0, 0.05) is 0 Å². The van der Waals surface area contributed by atoms with Gasteiger partial charge in [-0.2, -0.15) is 0 Å². The molecule has 0 fully saturated rings. The highest BCUT2D eigenvalue weighted by Crippen LogP contribution is 2.23. The first-order valence-corrected chi connectivity index (χ1v) is 9.71. The van der Waals surface area contributed by atoms with Crippen LogP contribution in [0.2, 0.25) is 0 Å². The molecule has 0 bridgehead atoms. The van der Waals surface area contributed by atoms with E-state index in [4.69, 9.17) is 9.47 Å². The van der Waals surface area contributed by atoms with E-state index in [1.54, 1.807) is 48.5 Å². The van der Waals surface area contributed by atoms with Crippen LogP contribution in [0.5, 0.6) is 0 Å². The second-order valence-corrected chi connectivity index (χ2v) is 9.15. The van der Waals surface area contributed by atoms with Gasteiger partial charge in [-0.15, -0.1) is 0 Å². The normalized spacial score (nSPS) is 13.9. The fourth-order valence-corrected chi connectivity index (χ4v) is 2.67. The Morgan fingerprint density at radius 3 is 1.76 bits per heavy atom. The van der Waals surface area contributed by atoms with Gasteiger partial charge in [-0.05, 0) is 59.9 Å². The van der Waals surface area contributed by atoms with Gasteiger partial charge < -0.3 is 14.6 Å². The summed E-state index contributed by atoms with van der Waals surface area (Å²) in [5, 5.41) is 9.38. The molecule has 1 aromatic rings. The third-order valence-corrected chi connectivity index (χ3v) is 3.91. The number of hydrogen-bond acceptors (Lipinski definition) is 5. The van der Waals surface area contributed by atoms with E-state index in [0.29, 0.717) is 0 Å². The Hall–Kier alpha value is -2.57. The minimum Gasteiger partial charge on any atom is -0.481 e. The molecule has 0 aliphatic heterocycles. The molecular weight excluding hydrogens is 374 g/mol. The highest BCUT2D eigenvalue weighted by atomic mass is 16.6. The molecule has 0 aliphatic carbocycles. The van der Waals surface area contributed by atoms with Crippen LogP contribution in [0, 0.1) is 5.92 Å². The van der Waals surface area contributed by atoms with Crippen LogP contribution in [0.4, 0.5) is 9.59 Å². The topological polar surface area (TPSA) is 93.1 Å². The number of hydrogen-bond donors (Lipinski definition) is 1. The molecule has 1 N–H and O–H groups in total. The van der Waals surface area contributed by atoms with Crippen molar-refractivity contribution in [2.24, 2.45) is 5.92 Å². The smallest absolute Gasteiger partial charge is 0.420 e. The standard InChI is InChI=1S/C22H33NO6/c1-15(18(24)25)13-17(14-16-11-9-8-10-12-16)23(19(26)28-21(2,3)4)20(27)29-22(5,6)7/h8-12,15,17H,13-14H2,1-7H3,(H,24,25). The first-order chi connectivity index (χ1) is 13.2. The van der Waals surface area contributed by atoms with Crippen molar-refractivity contribution in [2.75, 3.05) is 0 Å². The average Bonchev–Trinajstić information content (AvgIpc) is 2.52. The molecule has 1 rings (SSSR count). The molecule has 0 aliphatic rings. The van der Waals surface area contributed by atoms with Crippen LogP contribution in [-0.4, -0.2) is 45.4 Å². The fourth-order valence-electron chi connectivity index (χ4n) is 2.67. The quantitative estimate of drug-likeness (QED) is 0.722. The molecule has 0 saturated heterocycles. The molecule has 1 aromatic carbocycles. The maximum absolute atomic E-state index is 12.9. The van der Waals surface area contributed by atoms with Gasteiger partial charge in [0.05, 0.1) is 12.0 Å². The second kappa shape index (κ2) is 9.76. The summed E-state index contributed by atoms with van der Waals surface area (Å²) < 4.78 is 10.9. The van der Waals surface area contributed by atoms with Gasteiger partial charge >= 0.3 is 18.2 Å². The Bertz CT molecular complexity index is 674. The van der Waals surface area contributed by atoms with Gasteiger partial charge in [0.1, 0.15) is 11.2 Å². The maximum Gasteiger partial charge on any atom is 0.420 e. The summed E-state index contributed by atoms with van der Waals surface area (Å²) >= 11 is 0. The first-order valence-electron chi connectivity index (χ1n) is 9.71. The second-order valence-electron chi connectivity index (χ2n) is 9.15. The number of benzene rings is 1. The number of carbonyl (C=O) groups is 3. The van der Waals surface area contributed by atoms with Gasteiger partial charge in [0.15, 0.2) is 0 Å². The summed E-state index contributed by atoms with van der Waals surface area (Å²) in [4.78, 5) is 38.2. The lowest BCUT2D eigenvalue weighted by atomic mass is 9.95. The average molecular weight is 408 g/mol. The Balaban J connectivity index is 3.32. The van der Waals surface area contributed by atoms with Crippen molar-refractivity contribution in [3.05, 3.63) is 35.9 Å².